The summed E-state index contributed by atoms with van der Waals surface area (Å²) in [6, 6.07) is 18.4. The molecule has 142 valence electrons. The highest BCUT2D eigenvalue weighted by atomic mass is 15.3. The van der Waals surface area contributed by atoms with Crippen LogP contribution in [0.5, 0.6) is 0 Å². The Morgan fingerprint density at radius 2 is 1.76 bits per heavy atom. The molecule has 0 atom stereocenters. The van der Waals surface area contributed by atoms with Crippen molar-refractivity contribution in [1.29, 1.82) is 0 Å². The van der Waals surface area contributed by atoms with Gasteiger partial charge < -0.3 is 4.57 Å². The Morgan fingerprint density at radius 3 is 2.55 bits per heavy atom. The van der Waals surface area contributed by atoms with Crippen LogP contribution in [0.1, 0.15) is 11.4 Å². The van der Waals surface area contributed by atoms with E-state index in [1.807, 2.05) is 53.7 Å². The van der Waals surface area contributed by atoms with E-state index in [0.29, 0.717) is 6.54 Å². The van der Waals surface area contributed by atoms with E-state index in [2.05, 4.69) is 56.0 Å². The number of H-pyrrole nitrogens is 1. The van der Waals surface area contributed by atoms with E-state index in [0.717, 1.165) is 34.0 Å². The Hall–Kier alpha value is -4.00. The first-order valence-electron chi connectivity index (χ1n) is 9.35. The van der Waals surface area contributed by atoms with Gasteiger partial charge in [0.25, 0.3) is 0 Å². The lowest BCUT2D eigenvalue weighted by Crippen LogP contribution is -2.02. The Bertz CT molecular complexity index is 1230. The Labute approximate surface area is 167 Å². The first-order chi connectivity index (χ1) is 14.3. The number of rotatable bonds is 5. The molecule has 0 spiro atoms. The zero-order valence-electron chi connectivity index (χ0n) is 15.9. The maximum absolute atomic E-state index is 4.71. The molecule has 5 rings (SSSR count). The maximum Gasteiger partial charge on any atom is 0.144 e. The van der Waals surface area contributed by atoms with Crippen LogP contribution in [0.25, 0.3) is 28.2 Å². The molecule has 7 heteroatoms. The van der Waals surface area contributed by atoms with Crippen LogP contribution in [0.3, 0.4) is 0 Å². The van der Waals surface area contributed by atoms with Gasteiger partial charge in [0.05, 0.1) is 36.1 Å². The van der Waals surface area contributed by atoms with Gasteiger partial charge >= 0.3 is 0 Å². The van der Waals surface area contributed by atoms with E-state index < -0.39 is 0 Å². The number of aromatic amines is 1. The van der Waals surface area contributed by atoms with Crippen molar-refractivity contribution < 1.29 is 0 Å². The van der Waals surface area contributed by atoms with Crippen molar-refractivity contribution >= 4 is 0 Å². The summed E-state index contributed by atoms with van der Waals surface area (Å²) < 4.78 is 3.98. The largest absolute Gasteiger partial charge is 0.322 e. The van der Waals surface area contributed by atoms with Crippen LogP contribution in [0.4, 0.5) is 0 Å². The molecule has 1 N–H and O–H groups in total. The molecule has 0 saturated carbocycles. The number of hydrogen-bond acceptors (Lipinski definition) is 4. The summed E-state index contributed by atoms with van der Waals surface area (Å²) >= 11 is 0. The molecule has 0 fully saturated rings. The van der Waals surface area contributed by atoms with E-state index in [9.17, 15) is 0 Å². The van der Waals surface area contributed by atoms with E-state index in [1.165, 1.54) is 11.9 Å². The third-order valence-electron chi connectivity index (χ3n) is 4.89. The number of aromatic nitrogens is 7. The third kappa shape index (κ3) is 3.23. The van der Waals surface area contributed by atoms with E-state index >= 15 is 0 Å². The van der Waals surface area contributed by atoms with Crippen molar-refractivity contribution in [2.45, 2.75) is 13.5 Å². The van der Waals surface area contributed by atoms with Crippen LogP contribution in [0, 0.1) is 6.92 Å². The minimum atomic E-state index is 0.546. The van der Waals surface area contributed by atoms with Crippen molar-refractivity contribution in [2.24, 2.45) is 0 Å². The lowest BCUT2D eigenvalue weighted by molar-refractivity contribution is 0.753. The highest BCUT2D eigenvalue weighted by Gasteiger charge is 2.18. The van der Waals surface area contributed by atoms with E-state index in [1.54, 1.807) is 0 Å². The SMILES string of the molecule is Cc1ccccc1-n1cc(-c2c(-c3ccccc3)ncn2Cc2ncn[nH]2)cn1. The summed E-state index contributed by atoms with van der Waals surface area (Å²) in [7, 11) is 0. The maximum atomic E-state index is 4.71. The van der Waals surface area contributed by atoms with Gasteiger partial charge in [-0.25, -0.2) is 14.6 Å². The zero-order chi connectivity index (χ0) is 19.6. The average molecular weight is 381 g/mol. The highest BCUT2D eigenvalue weighted by molar-refractivity contribution is 5.78. The number of aryl methyl sites for hydroxylation is 1. The lowest BCUT2D eigenvalue weighted by Gasteiger charge is -2.08. The average Bonchev–Trinajstić information content (AvgIpc) is 3.50. The van der Waals surface area contributed by atoms with Gasteiger partial charge in [0.1, 0.15) is 12.2 Å². The second-order valence-electron chi connectivity index (χ2n) is 6.83. The van der Waals surface area contributed by atoms with Crippen molar-refractivity contribution in [3.8, 4) is 28.2 Å². The minimum absolute atomic E-state index is 0.546. The molecule has 3 heterocycles. The molecule has 5 aromatic rings. The summed E-state index contributed by atoms with van der Waals surface area (Å²) in [5, 5.41) is 11.5. The molecule has 0 amide bonds. The number of nitrogens with zero attached hydrogens (tertiary/aromatic N) is 6. The van der Waals surface area contributed by atoms with Gasteiger partial charge in [-0.15, -0.1) is 0 Å². The van der Waals surface area contributed by atoms with Crippen LogP contribution >= 0.6 is 0 Å². The summed E-state index contributed by atoms with van der Waals surface area (Å²) in [5.74, 6) is 0.773. The molecule has 29 heavy (non-hydrogen) atoms. The molecule has 0 saturated heterocycles. The first-order valence-corrected chi connectivity index (χ1v) is 9.35. The molecule has 0 radical (unpaired) electrons. The summed E-state index contributed by atoms with van der Waals surface area (Å²) in [5.41, 5.74) is 6.18. The molecule has 3 aromatic heterocycles. The number of para-hydroxylation sites is 1. The van der Waals surface area contributed by atoms with Gasteiger partial charge in [-0.05, 0) is 18.6 Å². The molecular weight excluding hydrogens is 362 g/mol. The fourth-order valence-electron chi connectivity index (χ4n) is 3.48. The van der Waals surface area contributed by atoms with E-state index in [4.69, 9.17) is 4.98 Å². The highest BCUT2D eigenvalue weighted by Crippen LogP contribution is 2.32. The summed E-state index contributed by atoms with van der Waals surface area (Å²) in [4.78, 5) is 8.96. The monoisotopic (exact) mass is 381 g/mol. The van der Waals surface area contributed by atoms with Gasteiger partial charge in [0.15, 0.2) is 0 Å². The van der Waals surface area contributed by atoms with Crippen LogP contribution < -0.4 is 0 Å². The number of nitrogens with one attached hydrogen (secondary N) is 1. The minimum Gasteiger partial charge on any atom is -0.322 e. The zero-order valence-corrected chi connectivity index (χ0v) is 15.9. The molecule has 0 aliphatic rings. The predicted octanol–water partition coefficient (Wildman–Crippen LogP) is 3.88. The number of benzene rings is 2. The van der Waals surface area contributed by atoms with Crippen LogP contribution in [-0.2, 0) is 6.54 Å². The van der Waals surface area contributed by atoms with Crippen molar-refractivity contribution in [3.63, 3.8) is 0 Å². The fraction of sp³-hybridized carbons (Fsp3) is 0.0909. The van der Waals surface area contributed by atoms with Crippen LogP contribution in [0.2, 0.25) is 0 Å². The summed E-state index contributed by atoms with van der Waals surface area (Å²) in [6.07, 6.45) is 7.28. The molecule has 0 aliphatic heterocycles. The van der Waals surface area contributed by atoms with E-state index in [-0.39, 0.29) is 0 Å². The van der Waals surface area contributed by atoms with Gasteiger partial charge in [-0.1, -0.05) is 48.5 Å². The van der Waals surface area contributed by atoms with Crippen molar-refractivity contribution in [2.75, 3.05) is 0 Å². The third-order valence-corrected chi connectivity index (χ3v) is 4.89. The fourth-order valence-corrected chi connectivity index (χ4v) is 3.48. The van der Waals surface area contributed by atoms with Crippen molar-refractivity contribution in [3.05, 3.63) is 91.0 Å². The molecule has 2 aromatic carbocycles. The van der Waals surface area contributed by atoms with Gasteiger partial charge in [-0.2, -0.15) is 10.2 Å². The molecule has 0 bridgehead atoms. The number of imidazole rings is 1. The van der Waals surface area contributed by atoms with Crippen molar-refractivity contribution in [1.82, 2.24) is 34.5 Å². The molecule has 7 nitrogen and oxygen atoms in total. The smallest absolute Gasteiger partial charge is 0.144 e. The Balaban J connectivity index is 1.63. The number of hydrogen-bond donors (Lipinski definition) is 1. The van der Waals surface area contributed by atoms with Gasteiger partial charge in [0.2, 0.25) is 0 Å². The quantitative estimate of drug-likeness (QED) is 0.501. The predicted molar refractivity (Wildman–Crippen MR) is 110 cm³/mol. The molecule has 0 aliphatic carbocycles. The molecular formula is C22H19N7. The second kappa shape index (κ2) is 7.20. The normalized spacial score (nSPS) is 11.1. The van der Waals surface area contributed by atoms with Crippen LogP contribution in [-0.4, -0.2) is 34.5 Å². The molecule has 0 unspecified atom stereocenters. The Kier molecular flexibility index (Phi) is 4.25. The second-order valence-corrected chi connectivity index (χ2v) is 6.83. The summed E-state index contributed by atoms with van der Waals surface area (Å²) in [6.45, 7) is 2.63. The lowest BCUT2D eigenvalue weighted by atomic mass is 10.1. The first kappa shape index (κ1) is 17.1. The standard InChI is InChI=1S/C22H19N7/c1-16-7-5-6-10-19(16)29-12-18(11-26-29)22-21(17-8-3-2-4-9-17)24-15-28(22)13-20-23-14-25-27-20/h2-12,14-15H,13H2,1H3,(H,23,25,27). The topological polar surface area (TPSA) is 77.2 Å². The van der Waals surface area contributed by atoms with Gasteiger partial charge in [0, 0.05) is 17.3 Å². The Morgan fingerprint density at radius 1 is 0.931 bits per heavy atom. The van der Waals surface area contributed by atoms with Gasteiger partial charge in [-0.3, -0.25) is 5.10 Å². The van der Waals surface area contributed by atoms with Crippen LogP contribution in [0.15, 0.2) is 79.6 Å².